The molecule has 0 spiro atoms. The minimum Gasteiger partial charge on any atom is -0.328 e. The first-order valence-electron chi connectivity index (χ1n) is 9.92. The van der Waals surface area contributed by atoms with Crippen molar-refractivity contribution in [2.75, 3.05) is 20.6 Å². The van der Waals surface area contributed by atoms with E-state index in [1.54, 1.807) is 24.7 Å². The summed E-state index contributed by atoms with van der Waals surface area (Å²) >= 11 is 0. The van der Waals surface area contributed by atoms with Gasteiger partial charge in [0.1, 0.15) is 0 Å². The van der Waals surface area contributed by atoms with Crippen LogP contribution >= 0.6 is 0 Å². The van der Waals surface area contributed by atoms with Gasteiger partial charge in [-0.3, -0.25) is 14.6 Å². The Morgan fingerprint density at radius 3 is 2.41 bits per heavy atom. The number of aryl methyl sites for hydroxylation is 1. The van der Waals surface area contributed by atoms with Gasteiger partial charge in [0.25, 0.3) is 5.56 Å². The number of unbranched alkanes of at least 4 members (excludes halogenated alkanes) is 1. The van der Waals surface area contributed by atoms with Crippen molar-refractivity contribution >= 4 is 5.78 Å². The van der Waals surface area contributed by atoms with E-state index in [0.29, 0.717) is 11.1 Å². The molecular formula is C24H27N3O2. The van der Waals surface area contributed by atoms with Crippen molar-refractivity contribution in [3.8, 4) is 11.1 Å². The van der Waals surface area contributed by atoms with Crippen molar-refractivity contribution in [3.05, 3.63) is 88.1 Å². The lowest BCUT2D eigenvalue weighted by atomic mass is 9.99. The van der Waals surface area contributed by atoms with Crippen LogP contribution in [0.15, 0.2) is 65.8 Å². The molecule has 0 atom stereocenters. The fourth-order valence-corrected chi connectivity index (χ4v) is 3.26. The van der Waals surface area contributed by atoms with Crippen LogP contribution in [0.25, 0.3) is 11.1 Å². The van der Waals surface area contributed by atoms with Crippen molar-refractivity contribution in [1.82, 2.24) is 14.9 Å². The molecule has 0 aliphatic rings. The van der Waals surface area contributed by atoms with Gasteiger partial charge in [-0.25, -0.2) is 0 Å². The number of Topliss-reactive ketones (excluding diaryl/α,β-unsaturated/α-hetero) is 1. The Balaban J connectivity index is 1.65. The quantitative estimate of drug-likeness (QED) is 0.447. The molecule has 3 aromatic rings. The minimum atomic E-state index is -0.228. The normalized spacial score (nSPS) is 11.0. The van der Waals surface area contributed by atoms with Crippen molar-refractivity contribution < 1.29 is 4.79 Å². The third kappa shape index (κ3) is 5.96. The Morgan fingerprint density at radius 1 is 1.00 bits per heavy atom. The summed E-state index contributed by atoms with van der Waals surface area (Å²) in [4.78, 5) is 33.8. The first-order valence-corrected chi connectivity index (χ1v) is 9.92. The Labute approximate surface area is 171 Å². The first kappa shape index (κ1) is 20.7. The molecule has 0 aliphatic heterocycles. The highest BCUT2D eigenvalue weighted by Gasteiger charge is 2.11. The average molecular weight is 389 g/mol. The topological polar surface area (TPSA) is 66.1 Å². The number of ketones is 1. The van der Waals surface area contributed by atoms with Crippen molar-refractivity contribution in [2.45, 2.75) is 25.7 Å². The lowest BCUT2D eigenvalue weighted by Gasteiger charge is -2.09. The van der Waals surface area contributed by atoms with Crippen LogP contribution in [0.4, 0.5) is 0 Å². The molecule has 0 amide bonds. The molecule has 1 aromatic carbocycles. The maximum Gasteiger partial charge on any atom is 0.251 e. The van der Waals surface area contributed by atoms with Crippen molar-refractivity contribution in [2.24, 2.45) is 0 Å². The number of benzene rings is 1. The number of H-pyrrole nitrogens is 1. The third-order valence-corrected chi connectivity index (χ3v) is 4.94. The summed E-state index contributed by atoms with van der Waals surface area (Å²) in [5, 5.41) is 0. The second kappa shape index (κ2) is 9.94. The number of aromatic nitrogens is 2. The SMILES string of the molecule is CN(C)CCCCc1ccc(C(=O)Cc2cc(-c3ccncc3)c[nH]c2=O)cc1. The van der Waals surface area contributed by atoms with Gasteiger partial charge in [-0.2, -0.15) is 0 Å². The lowest BCUT2D eigenvalue weighted by Crippen LogP contribution is -2.16. The zero-order chi connectivity index (χ0) is 20.6. The largest absolute Gasteiger partial charge is 0.328 e. The molecule has 1 N–H and O–H groups in total. The van der Waals surface area contributed by atoms with Crippen LogP contribution in [-0.2, 0) is 12.8 Å². The van der Waals surface area contributed by atoms with Gasteiger partial charge < -0.3 is 9.88 Å². The molecule has 29 heavy (non-hydrogen) atoms. The van der Waals surface area contributed by atoms with Gasteiger partial charge in [0.05, 0.1) is 0 Å². The molecule has 0 radical (unpaired) electrons. The predicted molar refractivity (Wildman–Crippen MR) is 116 cm³/mol. The van der Waals surface area contributed by atoms with E-state index in [1.165, 1.54) is 5.56 Å². The summed E-state index contributed by atoms with van der Waals surface area (Å²) in [6, 6.07) is 13.3. The van der Waals surface area contributed by atoms with Crippen LogP contribution < -0.4 is 5.56 Å². The van der Waals surface area contributed by atoms with E-state index in [2.05, 4.69) is 29.0 Å². The predicted octanol–water partition coefficient (Wildman–Crippen LogP) is 3.75. The fourth-order valence-electron chi connectivity index (χ4n) is 3.26. The highest BCUT2D eigenvalue weighted by molar-refractivity contribution is 5.97. The van der Waals surface area contributed by atoms with Gasteiger partial charge in [0.2, 0.25) is 0 Å². The molecule has 2 aromatic heterocycles. The van der Waals surface area contributed by atoms with Crippen LogP contribution in [0.5, 0.6) is 0 Å². The summed E-state index contributed by atoms with van der Waals surface area (Å²) in [6.07, 6.45) is 8.44. The molecule has 0 aliphatic carbocycles. The summed E-state index contributed by atoms with van der Waals surface area (Å²) in [7, 11) is 4.16. The number of hydrogen-bond acceptors (Lipinski definition) is 4. The maximum atomic E-state index is 12.7. The number of carbonyl (C=O) groups excluding carboxylic acids is 1. The molecular weight excluding hydrogens is 362 g/mol. The smallest absolute Gasteiger partial charge is 0.251 e. The third-order valence-electron chi connectivity index (χ3n) is 4.94. The molecule has 3 rings (SSSR count). The number of pyridine rings is 2. The fraction of sp³-hybridized carbons (Fsp3) is 0.292. The highest BCUT2D eigenvalue weighted by atomic mass is 16.1. The number of nitrogens with one attached hydrogen (secondary N) is 1. The summed E-state index contributed by atoms with van der Waals surface area (Å²) in [5.41, 5.74) is 3.92. The Bertz CT molecular complexity index is 993. The van der Waals surface area contributed by atoms with E-state index in [1.807, 2.05) is 36.4 Å². The minimum absolute atomic E-state index is 0.0541. The van der Waals surface area contributed by atoms with Gasteiger partial charge in [0, 0.05) is 36.1 Å². The van der Waals surface area contributed by atoms with Gasteiger partial charge in [0.15, 0.2) is 5.78 Å². The van der Waals surface area contributed by atoms with E-state index in [4.69, 9.17) is 0 Å². The molecule has 5 nitrogen and oxygen atoms in total. The first-order chi connectivity index (χ1) is 14.0. The van der Waals surface area contributed by atoms with E-state index in [-0.39, 0.29) is 17.8 Å². The molecule has 0 saturated carbocycles. The van der Waals surface area contributed by atoms with Crippen LogP contribution in [0, 0.1) is 0 Å². The summed E-state index contributed by atoms with van der Waals surface area (Å²) < 4.78 is 0. The van der Waals surface area contributed by atoms with Gasteiger partial charge >= 0.3 is 0 Å². The summed E-state index contributed by atoms with van der Waals surface area (Å²) in [5.74, 6) is -0.0541. The zero-order valence-electron chi connectivity index (χ0n) is 17.0. The number of carbonyl (C=O) groups is 1. The molecule has 0 fully saturated rings. The van der Waals surface area contributed by atoms with E-state index in [9.17, 15) is 9.59 Å². The van der Waals surface area contributed by atoms with Crippen molar-refractivity contribution in [1.29, 1.82) is 0 Å². The second-order valence-corrected chi connectivity index (χ2v) is 7.54. The average Bonchev–Trinajstić information content (AvgIpc) is 2.73. The molecule has 5 heteroatoms. The molecule has 0 bridgehead atoms. The van der Waals surface area contributed by atoms with E-state index in [0.717, 1.165) is 36.9 Å². The van der Waals surface area contributed by atoms with Crippen LogP contribution in [0.1, 0.15) is 34.3 Å². The Hall–Kier alpha value is -3.05. The second-order valence-electron chi connectivity index (χ2n) is 7.54. The number of hydrogen-bond donors (Lipinski definition) is 1. The lowest BCUT2D eigenvalue weighted by molar-refractivity contribution is 0.0992. The highest BCUT2D eigenvalue weighted by Crippen LogP contribution is 2.18. The van der Waals surface area contributed by atoms with Crippen LogP contribution in [0.3, 0.4) is 0 Å². The van der Waals surface area contributed by atoms with Crippen LogP contribution in [0.2, 0.25) is 0 Å². The number of rotatable bonds is 9. The molecule has 0 saturated heterocycles. The Kier molecular flexibility index (Phi) is 7.09. The number of aromatic amines is 1. The van der Waals surface area contributed by atoms with Gasteiger partial charge in [-0.15, -0.1) is 0 Å². The van der Waals surface area contributed by atoms with Gasteiger partial charge in [-0.1, -0.05) is 24.3 Å². The maximum absolute atomic E-state index is 12.7. The monoisotopic (exact) mass is 389 g/mol. The summed E-state index contributed by atoms with van der Waals surface area (Å²) in [6.45, 7) is 1.09. The standard InChI is InChI=1S/C24H27N3O2/c1-27(2)14-4-3-5-18-6-8-20(9-7-18)23(28)16-21-15-22(17-26-24(21)29)19-10-12-25-13-11-19/h6-13,15,17H,3-5,14,16H2,1-2H3,(H,26,29). The van der Waals surface area contributed by atoms with E-state index < -0.39 is 0 Å². The molecule has 0 unspecified atom stereocenters. The van der Waals surface area contributed by atoms with Gasteiger partial charge in [-0.05, 0) is 74.8 Å². The molecule has 2 heterocycles. The van der Waals surface area contributed by atoms with E-state index >= 15 is 0 Å². The zero-order valence-corrected chi connectivity index (χ0v) is 17.0. The molecule has 150 valence electrons. The van der Waals surface area contributed by atoms with Crippen molar-refractivity contribution in [3.63, 3.8) is 0 Å². The number of nitrogens with zero attached hydrogens (tertiary/aromatic N) is 2. The van der Waals surface area contributed by atoms with Crippen LogP contribution in [-0.4, -0.2) is 41.3 Å². The Morgan fingerprint density at radius 2 is 1.72 bits per heavy atom.